The maximum absolute atomic E-state index is 11.6. The summed E-state index contributed by atoms with van der Waals surface area (Å²) in [6, 6.07) is 7.31. The molecule has 0 radical (unpaired) electrons. The van der Waals surface area contributed by atoms with Crippen LogP contribution < -0.4 is 0 Å². The largest absolute Gasteiger partial charge is 0.334 e. The second kappa shape index (κ2) is 11.3. The Balaban J connectivity index is 0.00000320. The molecule has 0 bridgehead atoms. The fourth-order valence-corrected chi connectivity index (χ4v) is 4.91. The molecule has 8 heteroatoms. The van der Waals surface area contributed by atoms with E-state index in [1.165, 1.54) is 51.4 Å². The molecule has 1 saturated heterocycles. The van der Waals surface area contributed by atoms with Crippen LogP contribution >= 0.6 is 12.4 Å². The summed E-state index contributed by atoms with van der Waals surface area (Å²) in [5.41, 5.74) is 0.741. The van der Waals surface area contributed by atoms with Crippen LogP contribution in [0.2, 0.25) is 0 Å². The first-order chi connectivity index (χ1) is 13.9. The summed E-state index contributed by atoms with van der Waals surface area (Å²) in [6.07, 6.45) is 9.38. The molecule has 0 N–H and O–H groups in total. The maximum Gasteiger partial charge on any atom is 0.257 e. The summed E-state index contributed by atoms with van der Waals surface area (Å²) in [5, 5.41) is 4.09. The molecule has 6 nitrogen and oxygen atoms in total. The highest BCUT2D eigenvalue weighted by atomic mass is 35.5. The average Bonchev–Trinajstić information content (AvgIpc) is 3.18. The average molecular weight is 456 g/mol. The molecule has 1 aromatic heterocycles. The zero-order chi connectivity index (χ0) is 20.9. The number of likely N-dealkylation sites (tertiary alicyclic amines) is 1. The van der Waals surface area contributed by atoms with Gasteiger partial charge in [0.15, 0.2) is 15.7 Å². The number of rotatable bonds is 9. The molecular formula is C22H34ClN3O3S. The van der Waals surface area contributed by atoms with Crippen LogP contribution in [0.25, 0.3) is 11.5 Å². The van der Waals surface area contributed by atoms with Gasteiger partial charge in [-0.05, 0) is 81.8 Å². The number of benzene rings is 1. The molecule has 0 aliphatic carbocycles. The second-order valence-electron chi connectivity index (χ2n) is 8.15. The molecular weight excluding hydrogens is 422 g/mol. The van der Waals surface area contributed by atoms with Crippen molar-refractivity contribution in [2.24, 2.45) is 5.92 Å². The van der Waals surface area contributed by atoms with E-state index in [0.717, 1.165) is 36.2 Å². The first-order valence-corrected chi connectivity index (χ1v) is 12.7. The molecule has 2 aromatic rings. The Bertz CT molecular complexity index is 871. The normalized spacial score (nSPS) is 16.0. The number of aryl methyl sites for hydroxylation is 1. The van der Waals surface area contributed by atoms with E-state index in [4.69, 9.17) is 4.52 Å². The molecule has 2 heterocycles. The predicted molar refractivity (Wildman–Crippen MR) is 122 cm³/mol. The van der Waals surface area contributed by atoms with E-state index >= 15 is 0 Å². The van der Waals surface area contributed by atoms with Crippen LogP contribution in [0.5, 0.6) is 0 Å². The van der Waals surface area contributed by atoms with Gasteiger partial charge in [-0.3, -0.25) is 0 Å². The minimum Gasteiger partial charge on any atom is -0.334 e. The van der Waals surface area contributed by atoms with Gasteiger partial charge in [-0.15, -0.1) is 12.4 Å². The van der Waals surface area contributed by atoms with Crippen LogP contribution in [0.4, 0.5) is 0 Å². The molecule has 0 saturated carbocycles. The Labute approximate surface area is 186 Å². The van der Waals surface area contributed by atoms with E-state index in [1.54, 1.807) is 24.3 Å². The van der Waals surface area contributed by atoms with E-state index in [0.29, 0.717) is 5.89 Å². The Hall–Kier alpha value is -1.44. The molecule has 1 aliphatic rings. The van der Waals surface area contributed by atoms with Crippen LogP contribution in [0.1, 0.15) is 58.2 Å². The zero-order valence-corrected chi connectivity index (χ0v) is 19.8. The molecule has 30 heavy (non-hydrogen) atoms. The lowest BCUT2D eigenvalue weighted by Gasteiger charge is -2.37. The van der Waals surface area contributed by atoms with E-state index in [-0.39, 0.29) is 17.3 Å². The SMILES string of the molecule is CCC(CC)N1CCC(CCCc2noc(-c3ccc(S(C)(=O)=O)cc3)n2)CC1.Cl. The van der Waals surface area contributed by atoms with Crippen molar-refractivity contribution < 1.29 is 12.9 Å². The molecule has 1 fully saturated rings. The van der Waals surface area contributed by atoms with Crippen molar-refractivity contribution in [3.63, 3.8) is 0 Å². The lowest BCUT2D eigenvalue weighted by atomic mass is 9.90. The molecule has 3 rings (SSSR count). The third kappa shape index (κ3) is 6.53. The lowest BCUT2D eigenvalue weighted by Crippen LogP contribution is -2.40. The molecule has 1 aromatic carbocycles. The number of piperidine rings is 1. The van der Waals surface area contributed by atoms with Crippen LogP contribution in [0.15, 0.2) is 33.7 Å². The van der Waals surface area contributed by atoms with Crippen molar-refractivity contribution in [2.45, 2.75) is 69.7 Å². The fraction of sp³-hybridized carbons (Fsp3) is 0.636. The van der Waals surface area contributed by atoms with Crippen LogP contribution in [0, 0.1) is 5.92 Å². The predicted octanol–water partition coefficient (Wildman–Crippen LogP) is 4.79. The summed E-state index contributed by atoms with van der Waals surface area (Å²) in [6.45, 7) is 7.04. The molecule has 0 amide bonds. The molecule has 1 aliphatic heterocycles. The van der Waals surface area contributed by atoms with E-state index in [2.05, 4.69) is 28.9 Å². The van der Waals surface area contributed by atoms with Crippen LogP contribution in [-0.2, 0) is 16.3 Å². The smallest absolute Gasteiger partial charge is 0.257 e. The summed E-state index contributed by atoms with van der Waals surface area (Å²) < 4.78 is 28.5. The van der Waals surface area contributed by atoms with Crippen molar-refractivity contribution in [3.8, 4) is 11.5 Å². The van der Waals surface area contributed by atoms with Gasteiger partial charge >= 0.3 is 0 Å². The summed E-state index contributed by atoms with van der Waals surface area (Å²) in [5.74, 6) is 1.97. The van der Waals surface area contributed by atoms with Gasteiger partial charge in [-0.25, -0.2) is 8.42 Å². The summed E-state index contributed by atoms with van der Waals surface area (Å²) in [4.78, 5) is 7.43. The van der Waals surface area contributed by atoms with Gasteiger partial charge in [0.1, 0.15) is 0 Å². The highest BCUT2D eigenvalue weighted by Gasteiger charge is 2.23. The van der Waals surface area contributed by atoms with Gasteiger partial charge in [-0.1, -0.05) is 19.0 Å². The van der Waals surface area contributed by atoms with Gasteiger partial charge in [0.05, 0.1) is 4.90 Å². The van der Waals surface area contributed by atoms with E-state index < -0.39 is 9.84 Å². The number of hydrogen-bond acceptors (Lipinski definition) is 6. The zero-order valence-electron chi connectivity index (χ0n) is 18.2. The Morgan fingerprint density at radius 1 is 1.13 bits per heavy atom. The monoisotopic (exact) mass is 455 g/mol. The lowest BCUT2D eigenvalue weighted by molar-refractivity contribution is 0.122. The first kappa shape index (κ1) is 24.8. The van der Waals surface area contributed by atoms with Crippen molar-refractivity contribution in [1.82, 2.24) is 15.0 Å². The molecule has 168 valence electrons. The Morgan fingerprint density at radius 3 is 2.33 bits per heavy atom. The highest BCUT2D eigenvalue weighted by molar-refractivity contribution is 7.90. The highest BCUT2D eigenvalue weighted by Crippen LogP contribution is 2.26. The summed E-state index contributed by atoms with van der Waals surface area (Å²) >= 11 is 0. The van der Waals surface area contributed by atoms with Crippen LogP contribution in [0.3, 0.4) is 0 Å². The number of nitrogens with zero attached hydrogens (tertiary/aromatic N) is 3. The standard InChI is InChI=1S/C22H33N3O3S.ClH/c1-4-19(5-2)25-15-13-17(14-16-25)7-6-8-21-23-22(28-24-21)18-9-11-20(12-10-18)29(3,26)27;/h9-12,17,19H,4-8,13-16H2,1-3H3;1H. The second-order valence-corrected chi connectivity index (χ2v) is 10.2. The maximum atomic E-state index is 11.6. The van der Waals surface area contributed by atoms with Gasteiger partial charge in [-0.2, -0.15) is 4.98 Å². The van der Waals surface area contributed by atoms with Crippen molar-refractivity contribution >= 4 is 22.2 Å². The Morgan fingerprint density at radius 2 is 1.77 bits per heavy atom. The minimum atomic E-state index is -3.20. The van der Waals surface area contributed by atoms with E-state index in [9.17, 15) is 8.42 Å². The molecule has 0 atom stereocenters. The van der Waals surface area contributed by atoms with Gasteiger partial charge in [0.25, 0.3) is 5.89 Å². The third-order valence-electron chi connectivity index (χ3n) is 6.12. The Kier molecular flexibility index (Phi) is 9.31. The van der Waals surface area contributed by atoms with Gasteiger partial charge in [0, 0.05) is 24.3 Å². The van der Waals surface area contributed by atoms with Gasteiger partial charge < -0.3 is 9.42 Å². The first-order valence-electron chi connectivity index (χ1n) is 10.8. The third-order valence-corrected chi connectivity index (χ3v) is 7.25. The number of halogens is 1. The van der Waals surface area contributed by atoms with Crippen molar-refractivity contribution in [3.05, 3.63) is 30.1 Å². The number of aromatic nitrogens is 2. The van der Waals surface area contributed by atoms with Crippen molar-refractivity contribution in [1.29, 1.82) is 0 Å². The van der Waals surface area contributed by atoms with Gasteiger partial charge in [0.2, 0.25) is 0 Å². The summed E-state index contributed by atoms with van der Waals surface area (Å²) in [7, 11) is -3.20. The fourth-order valence-electron chi connectivity index (χ4n) is 4.28. The number of hydrogen-bond donors (Lipinski definition) is 0. The molecule has 0 unspecified atom stereocenters. The minimum absolute atomic E-state index is 0. The van der Waals surface area contributed by atoms with E-state index in [1.807, 2.05) is 0 Å². The van der Waals surface area contributed by atoms with Crippen LogP contribution in [-0.4, -0.2) is 48.8 Å². The topological polar surface area (TPSA) is 76.3 Å². The quantitative estimate of drug-likeness (QED) is 0.541. The van der Waals surface area contributed by atoms with Crippen molar-refractivity contribution in [2.75, 3.05) is 19.3 Å². The number of sulfone groups is 1. The molecule has 0 spiro atoms.